The Morgan fingerprint density at radius 1 is 0.722 bits per heavy atom. The molecule has 0 radical (unpaired) electrons. The van der Waals surface area contributed by atoms with E-state index in [1.807, 2.05) is 92.7 Å². The van der Waals surface area contributed by atoms with Crippen LogP contribution in [-0.2, 0) is 38.5 Å². The van der Waals surface area contributed by atoms with Crippen molar-refractivity contribution in [1.82, 2.24) is 10.6 Å². The van der Waals surface area contributed by atoms with Gasteiger partial charge in [-0.25, -0.2) is 9.59 Å². The number of benzene rings is 3. The van der Waals surface area contributed by atoms with E-state index in [1.165, 1.54) is 7.11 Å². The van der Waals surface area contributed by atoms with Crippen LogP contribution in [0.3, 0.4) is 0 Å². The van der Waals surface area contributed by atoms with Gasteiger partial charge in [0.05, 0.1) is 7.11 Å². The van der Waals surface area contributed by atoms with Gasteiger partial charge in [-0.15, -0.1) is 0 Å². The largest absolute Gasteiger partial charge is 0.467 e. The summed E-state index contributed by atoms with van der Waals surface area (Å²) in [5, 5.41) is 5.45. The van der Waals surface area contributed by atoms with Gasteiger partial charge < -0.3 is 20.1 Å². The summed E-state index contributed by atoms with van der Waals surface area (Å²) in [6, 6.07) is 22.6. The minimum absolute atomic E-state index is 0.0731. The molecule has 2 atom stereocenters. The minimum atomic E-state index is -0.958. The Kier molecular flexibility index (Phi) is 9.63. The van der Waals surface area contributed by atoms with Crippen LogP contribution < -0.4 is 10.6 Å². The monoisotopic (exact) mass is 488 g/mol. The van der Waals surface area contributed by atoms with Gasteiger partial charge in [0, 0.05) is 12.8 Å². The first-order chi connectivity index (χ1) is 17.4. The highest BCUT2D eigenvalue weighted by Gasteiger charge is 2.29. The third kappa shape index (κ3) is 7.70. The summed E-state index contributed by atoms with van der Waals surface area (Å²) in [5.74, 6) is -1.06. The Balaban J connectivity index is 1.75. The molecule has 0 saturated carbocycles. The predicted molar refractivity (Wildman–Crippen MR) is 137 cm³/mol. The highest BCUT2D eigenvalue weighted by atomic mass is 16.5. The van der Waals surface area contributed by atoms with Gasteiger partial charge in [0.25, 0.3) is 0 Å². The number of methoxy groups -OCH3 is 1. The molecule has 0 fully saturated rings. The quantitative estimate of drug-likeness (QED) is 0.420. The molecular formula is C29H32N2O5. The van der Waals surface area contributed by atoms with E-state index in [9.17, 15) is 14.4 Å². The summed E-state index contributed by atoms with van der Waals surface area (Å²) >= 11 is 0. The van der Waals surface area contributed by atoms with Crippen molar-refractivity contribution < 1.29 is 23.9 Å². The Morgan fingerprint density at radius 3 is 1.89 bits per heavy atom. The zero-order valence-electron chi connectivity index (χ0n) is 20.8. The van der Waals surface area contributed by atoms with Gasteiger partial charge in [0.2, 0.25) is 5.91 Å². The van der Waals surface area contributed by atoms with Crippen LogP contribution in [0, 0.1) is 13.8 Å². The van der Waals surface area contributed by atoms with Crippen molar-refractivity contribution in [3.8, 4) is 0 Å². The summed E-state index contributed by atoms with van der Waals surface area (Å²) in [6.07, 6.45) is -0.225. The van der Waals surface area contributed by atoms with E-state index in [0.29, 0.717) is 0 Å². The maximum atomic E-state index is 13.4. The second-order valence-electron chi connectivity index (χ2n) is 8.61. The predicted octanol–water partition coefficient (Wildman–Crippen LogP) is 4.04. The topological polar surface area (TPSA) is 93.7 Å². The molecule has 36 heavy (non-hydrogen) atoms. The van der Waals surface area contributed by atoms with Crippen LogP contribution in [0.1, 0.15) is 27.8 Å². The molecule has 0 aliphatic heterocycles. The van der Waals surface area contributed by atoms with Crippen molar-refractivity contribution in [3.63, 3.8) is 0 Å². The first-order valence-corrected chi connectivity index (χ1v) is 11.8. The second-order valence-corrected chi connectivity index (χ2v) is 8.61. The van der Waals surface area contributed by atoms with E-state index in [-0.39, 0.29) is 19.4 Å². The lowest BCUT2D eigenvalue weighted by atomic mass is 9.96. The zero-order chi connectivity index (χ0) is 25.9. The number of amides is 2. The molecule has 3 aromatic rings. The number of nitrogens with one attached hydrogen (secondary N) is 2. The number of aryl methyl sites for hydroxylation is 2. The lowest BCUT2D eigenvalue weighted by Gasteiger charge is -2.23. The number of hydrogen-bond donors (Lipinski definition) is 2. The number of carbonyl (C=O) groups is 3. The van der Waals surface area contributed by atoms with E-state index < -0.39 is 30.1 Å². The first kappa shape index (κ1) is 26.5. The normalized spacial score (nSPS) is 12.2. The highest BCUT2D eigenvalue weighted by molar-refractivity contribution is 5.90. The molecule has 3 aromatic carbocycles. The van der Waals surface area contributed by atoms with Crippen molar-refractivity contribution in [2.45, 2.75) is 45.4 Å². The third-order valence-corrected chi connectivity index (χ3v) is 5.96. The van der Waals surface area contributed by atoms with Crippen LogP contribution in [-0.4, -0.2) is 37.2 Å². The molecule has 0 unspecified atom stereocenters. The summed E-state index contributed by atoms with van der Waals surface area (Å²) in [7, 11) is 1.28. The Labute approximate surface area is 211 Å². The van der Waals surface area contributed by atoms with Gasteiger partial charge >= 0.3 is 12.1 Å². The average Bonchev–Trinajstić information content (AvgIpc) is 2.89. The number of alkyl carbamates (subject to hydrolysis) is 1. The molecule has 0 saturated heterocycles. The molecule has 7 heteroatoms. The molecule has 7 nitrogen and oxygen atoms in total. The number of hydrogen-bond acceptors (Lipinski definition) is 5. The SMILES string of the molecule is COC(=O)[C@H](Cc1c(C)cccc1C)NC(=O)[C@H](Cc1ccccc1)NC(=O)OCc1ccccc1. The van der Waals surface area contributed by atoms with Crippen LogP contribution in [0.2, 0.25) is 0 Å². The van der Waals surface area contributed by atoms with Gasteiger partial charge in [-0.3, -0.25) is 4.79 Å². The first-order valence-electron chi connectivity index (χ1n) is 11.8. The molecule has 0 aliphatic rings. The van der Waals surface area contributed by atoms with Gasteiger partial charge in [0.1, 0.15) is 18.7 Å². The zero-order valence-corrected chi connectivity index (χ0v) is 20.8. The molecule has 3 rings (SSSR count). The molecule has 0 aromatic heterocycles. The summed E-state index contributed by atoms with van der Waals surface area (Å²) in [6.45, 7) is 3.99. The van der Waals surface area contributed by atoms with E-state index in [4.69, 9.17) is 9.47 Å². The van der Waals surface area contributed by atoms with E-state index in [2.05, 4.69) is 10.6 Å². The lowest BCUT2D eigenvalue weighted by Crippen LogP contribution is -2.53. The van der Waals surface area contributed by atoms with Crippen molar-refractivity contribution in [1.29, 1.82) is 0 Å². The second kappa shape index (κ2) is 13.1. The van der Waals surface area contributed by atoms with E-state index in [0.717, 1.165) is 27.8 Å². The fraction of sp³-hybridized carbons (Fsp3) is 0.276. The molecule has 2 N–H and O–H groups in total. The number of rotatable bonds is 10. The van der Waals surface area contributed by atoms with Gasteiger partial charge in [-0.2, -0.15) is 0 Å². The highest BCUT2D eigenvalue weighted by Crippen LogP contribution is 2.16. The molecule has 188 valence electrons. The maximum absolute atomic E-state index is 13.4. The fourth-order valence-corrected chi connectivity index (χ4v) is 3.95. The van der Waals surface area contributed by atoms with Crippen molar-refractivity contribution in [3.05, 3.63) is 107 Å². The van der Waals surface area contributed by atoms with Crippen LogP contribution in [0.5, 0.6) is 0 Å². The van der Waals surface area contributed by atoms with Gasteiger partial charge in [0.15, 0.2) is 0 Å². The molecule has 0 spiro atoms. The Bertz CT molecular complexity index is 1140. The lowest BCUT2D eigenvalue weighted by molar-refractivity contribution is -0.145. The summed E-state index contributed by atoms with van der Waals surface area (Å²) < 4.78 is 10.3. The summed E-state index contributed by atoms with van der Waals surface area (Å²) in [4.78, 5) is 38.5. The Hall–Kier alpha value is -4.13. The standard InChI is InChI=1S/C29H32N2O5/c1-20-11-10-12-21(2)24(20)18-26(28(33)35-3)30-27(32)25(17-22-13-6-4-7-14-22)31-29(34)36-19-23-15-8-5-9-16-23/h4-16,25-26H,17-19H2,1-3H3,(H,30,32)(H,31,34)/t25-,26-/m0/s1. The van der Waals surface area contributed by atoms with Crippen LogP contribution in [0.25, 0.3) is 0 Å². The smallest absolute Gasteiger partial charge is 0.408 e. The fourth-order valence-electron chi connectivity index (χ4n) is 3.95. The maximum Gasteiger partial charge on any atom is 0.408 e. The van der Waals surface area contributed by atoms with Crippen LogP contribution >= 0.6 is 0 Å². The van der Waals surface area contributed by atoms with Gasteiger partial charge in [-0.1, -0.05) is 78.9 Å². The van der Waals surface area contributed by atoms with Crippen molar-refractivity contribution in [2.75, 3.05) is 7.11 Å². The van der Waals surface area contributed by atoms with Crippen molar-refractivity contribution in [2.24, 2.45) is 0 Å². The minimum Gasteiger partial charge on any atom is -0.467 e. The van der Waals surface area contributed by atoms with E-state index >= 15 is 0 Å². The van der Waals surface area contributed by atoms with Crippen LogP contribution in [0.4, 0.5) is 4.79 Å². The number of ether oxygens (including phenoxy) is 2. The van der Waals surface area contributed by atoms with Gasteiger partial charge in [-0.05, 0) is 41.7 Å². The van der Waals surface area contributed by atoms with E-state index in [1.54, 1.807) is 0 Å². The number of carbonyl (C=O) groups excluding carboxylic acids is 3. The summed E-state index contributed by atoms with van der Waals surface area (Å²) in [5.41, 5.74) is 4.67. The molecular weight excluding hydrogens is 456 g/mol. The van der Waals surface area contributed by atoms with Crippen molar-refractivity contribution >= 4 is 18.0 Å². The molecule has 2 amide bonds. The van der Waals surface area contributed by atoms with Crippen LogP contribution in [0.15, 0.2) is 78.9 Å². The number of esters is 1. The average molecular weight is 489 g/mol. The molecule has 0 heterocycles. The molecule has 0 bridgehead atoms. The molecule has 0 aliphatic carbocycles. The third-order valence-electron chi connectivity index (χ3n) is 5.96. The Morgan fingerprint density at radius 2 is 1.31 bits per heavy atom.